The summed E-state index contributed by atoms with van der Waals surface area (Å²) < 4.78 is 2.36. The fraction of sp³-hybridized carbons (Fsp3) is 0. The van der Waals surface area contributed by atoms with Crippen molar-refractivity contribution < 1.29 is 0 Å². The third-order valence-electron chi connectivity index (χ3n) is 7.72. The van der Waals surface area contributed by atoms with Gasteiger partial charge in [-0.2, -0.15) is 0 Å². The molecular weight excluding hydrogens is 474 g/mol. The van der Waals surface area contributed by atoms with E-state index in [0.717, 1.165) is 27.8 Å². The topological polar surface area (TPSA) is 30.7 Å². The summed E-state index contributed by atoms with van der Waals surface area (Å²) in [6.07, 6.45) is 3.63. The summed E-state index contributed by atoms with van der Waals surface area (Å²) in [5, 5.41) is 7.25. The van der Waals surface area contributed by atoms with Gasteiger partial charge in [-0.1, -0.05) is 97.1 Å². The summed E-state index contributed by atoms with van der Waals surface area (Å²) in [6.45, 7) is 0. The van der Waals surface area contributed by atoms with Crippen molar-refractivity contribution in [3.8, 4) is 28.2 Å². The summed E-state index contributed by atoms with van der Waals surface area (Å²) >= 11 is 0. The number of rotatable bonds is 3. The lowest BCUT2D eigenvalue weighted by molar-refractivity contribution is 1.18. The molecule has 2 heterocycles. The Bertz CT molecular complexity index is 2050. The Hall–Kier alpha value is -5.28. The standard InChI is InChI=1S/C36H23N3/c1-3-14-30-28(12-1)34(29-13-2-4-15-31(29)35(30)36-37-22-9-23-38-36)24-18-20-25(21-19-24)39-32-16-7-5-10-26(32)27-11-6-8-17-33(27)39/h1-23H. The first-order valence-electron chi connectivity index (χ1n) is 13.2. The number of benzene rings is 6. The van der Waals surface area contributed by atoms with Crippen LogP contribution in [-0.4, -0.2) is 14.5 Å². The molecule has 0 amide bonds. The Kier molecular flexibility index (Phi) is 4.82. The van der Waals surface area contributed by atoms with E-state index in [1.165, 1.54) is 43.7 Å². The van der Waals surface area contributed by atoms with Gasteiger partial charge in [-0.25, -0.2) is 9.97 Å². The molecule has 0 radical (unpaired) electrons. The highest BCUT2D eigenvalue weighted by Crippen LogP contribution is 2.43. The minimum absolute atomic E-state index is 0.748. The van der Waals surface area contributed by atoms with E-state index in [-0.39, 0.29) is 0 Å². The van der Waals surface area contributed by atoms with Crippen LogP contribution >= 0.6 is 0 Å². The van der Waals surface area contributed by atoms with Crippen molar-refractivity contribution in [2.24, 2.45) is 0 Å². The summed E-state index contributed by atoms with van der Waals surface area (Å²) in [5.74, 6) is 0.748. The predicted octanol–water partition coefficient (Wildman–Crippen LogP) is 9.21. The number of hydrogen-bond donors (Lipinski definition) is 0. The zero-order valence-corrected chi connectivity index (χ0v) is 21.1. The van der Waals surface area contributed by atoms with E-state index in [2.05, 4.69) is 136 Å². The zero-order valence-electron chi connectivity index (χ0n) is 21.1. The second kappa shape index (κ2) is 8.64. The van der Waals surface area contributed by atoms with Gasteiger partial charge in [0, 0.05) is 34.4 Å². The quantitative estimate of drug-likeness (QED) is 0.228. The van der Waals surface area contributed by atoms with Crippen molar-refractivity contribution >= 4 is 43.4 Å². The van der Waals surface area contributed by atoms with Gasteiger partial charge in [-0.15, -0.1) is 0 Å². The number of aromatic nitrogens is 3. The van der Waals surface area contributed by atoms with Gasteiger partial charge >= 0.3 is 0 Å². The van der Waals surface area contributed by atoms with E-state index in [4.69, 9.17) is 0 Å². The Morgan fingerprint density at radius 2 is 0.821 bits per heavy atom. The molecule has 6 aromatic carbocycles. The molecule has 3 nitrogen and oxygen atoms in total. The molecule has 8 rings (SSSR count). The van der Waals surface area contributed by atoms with Crippen LogP contribution in [0.25, 0.3) is 71.6 Å². The second-order valence-corrected chi connectivity index (χ2v) is 9.83. The van der Waals surface area contributed by atoms with Gasteiger partial charge in [0.1, 0.15) is 0 Å². The van der Waals surface area contributed by atoms with Gasteiger partial charge in [0.05, 0.1) is 11.0 Å². The number of nitrogens with zero attached hydrogens (tertiary/aromatic N) is 3. The van der Waals surface area contributed by atoms with Crippen molar-refractivity contribution in [2.45, 2.75) is 0 Å². The third-order valence-corrected chi connectivity index (χ3v) is 7.72. The van der Waals surface area contributed by atoms with Gasteiger partial charge in [-0.05, 0) is 63.0 Å². The van der Waals surface area contributed by atoms with Crippen LogP contribution < -0.4 is 0 Å². The Labute approximate surface area is 225 Å². The molecule has 0 unspecified atom stereocenters. The van der Waals surface area contributed by atoms with Gasteiger partial charge < -0.3 is 4.57 Å². The predicted molar refractivity (Wildman–Crippen MR) is 162 cm³/mol. The van der Waals surface area contributed by atoms with Crippen molar-refractivity contribution in [2.75, 3.05) is 0 Å². The molecule has 8 aromatic rings. The lowest BCUT2D eigenvalue weighted by Gasteiger charge is -2.17. The maximum atomic E-state index is 4.63. The molecule has 0 fully saturated rings. The lowest BCUT2D eigenvalue weighted by Crippen LogP contribution is -1.95. The average Bonchev–Trinajstić information content (AvgIpc) is 3.35. The van der Waals surface area contributed by atoms with E-state index >= 15 is 0 Å². The van der Waals surface area contributed by atoms with Crippen LogP contribution in [0.4, 0.5) is 0 Å². The molecule has 3 heteroatoms. The molecule has 182 valence electrons. The summed E-state index contributed by atoms with van der Waals surface area (Å²) in [6, 6.07) is 45.3. The smallest absolute Gasteiger partial charge is 0.160 e. The average molecular weight is 498 g/mol. The normalized spacial score (nSPS) is 11.6. The summed E-state index contributed by atoms with van der Waals surface area (Å²) in [7, 11) is 0. The van der Waals surface area contributed by atoms with Gasteiger partial charge in [-0.3, -0.25) is 0 Å². The van der Waals surface area contributed by atoms with E-state index in [9.17, 15) is 0 Å². The maximum absolute atomic E-state index is 4.63. The van der Waals surface area contributed by atoms with Crippen LogP contribution in [0.3, 0.4) is 0 Å². The van der Waals surface area contributed by atoms with Crippen LogP contribution in [0.15, 0.2) is 140 Å². The van der Waals surface area contributed by atoms with Crippen LogP contribution in [0.5, 0.6) is 0 Å². The van der Waals surface area contributed by atoms with Crippen LogP contribution in [0, 0.1) is 0 Å². The lowest BCUT2D eigenvalue weighted by atomic mass is 9.88. The van der Waals surface area contributed by atoms with E-state index < -0.39 is 0 Å². The highest BCUT2D eigenvalue weighted by atomic mass is 15.0. The van der Waals surface area contributed by atoms with Crippen molar-refractivity contribution in [1.29, 1.82) is 0 Å². The minimum Gasteiger partial charge on any atom is -0.309 e. The third kappa shape index (κ3) is 3.30. The van der Waals surface area contributed by atoms with E-state index in [1.54, 1.807) is 0 Å². The molecule has 0 aliphatic carbocycles. The number of fused-ring (bicyclic) bond motifs is 5. The highest BCUT2D eigenvalue weighted by Gasteiger charge is 2.18. The summed E-state index contributed by atoms with van der Waals surface area (Å²) in [4.78, 5) is 9.26. The second-order valence-electron chi connectivity index (χ2n) is 9.83. The zero-order chi connectivity index (χ0) is 25.8. The SMILES string of the molecule is c1cnc(-c2c3ccccc3c(-c3ccc(-n4c5ccccc5c5ccccc54)cc3)c3ccccc23)nc1. The fourth-order valence-electron chi connectivity index (χ4n) is 6.09. The van der Waals surface area contributed by atoms with Gasteiger partial charge in [0.2, 0.25) is 0 Å². The van der Waals surface area contributed by atoms with Crippen LogP contribution in [-0.2, 0) is 0 Å². The largest absolute Gasteiger partial charge is 0.309 e. The Balaban J connectivity index is 1.38. The Morgan fingerprint density at radius 3 is 1.33 bits per heavy atom. The molecule has 39 heavy (non-hydrogen) atoms. The van der Waals surface area contributed by atoms with E-state index in [1.807, 2.05) is 18.5 Å². The molecular formula is C36H23N3. The van der Waals surface area contributed by atoms with Crippen LogP contribution in [0.2, 0.25) is 0 Å². The Morgan fingerprint density at radius 1 is 0.385 bits per heavy atom. The first-order chi connectivity index (χ1) is 19.4. The maximum Gasteiger partial charge on any atom is 0.160 e. The molecule has 0 saturated carbocycles. The van der Waals surface area contributed by atoms with Gasteiger partial charge in [0.25, 0.3) is 0 Å². The molecule has 0 spiro atoms. The monoisotopic (exact) mass is 497 g/mol. The molecule has 0 aliphatic heterocycles. The van der Waals surface area contributed by atoms with Crippen molar-refractivity contribution in [3.63, 3.8) is 0 Å². The molecule has 0 bridgehead atoms. The minimum atomic E-state index is 0.748. The number of para-hydroxylation sites is 2. The van der Waals surface area contributed by atoms with Crippen molar-refractivity contribution in [1.82, 2.24) is 14.5 Å². The molecule has 0 saturated heterocycles. The molecule has 0 N–H and O–H groups in total. The number of hydrogen-bond acceptors (Lipinski definition) is 2. The first-order valence-corrected chi connectivity index (χ1v) is 13.2. The van der Waals surface area contributed by atoms with E-state index in [0.29, 0.717) is 0 Å². The highest BCUT2D eigenvalue weighted by molar-refractivity contribution is 6.20. The van der Waals surface area contributed by atoms with Gasteiger partial charge in [0.15, 0.2) is 5.82 Å². The molecule has 0 aliphatic rings. The summed E-state index contributed by atoms with van der Waals surface area (Å²) in [5.41, 5.74) is 7.08. The van der Waals surface area contributed by atoms with Crippen LogP contribution in [0.1, 0.15) is 0 Å². The first kappa shape index (κ1) is 21.8. The molecule has 2 aromatic heterocycles. The molecule has 0 atom stereocenters. The fourth-order valence-corrected chi connectivity index (χ4v) is 6.09. The van der Waals surface area contributed by atoms with Crippen molar-refractivity contribution in [3.05, 3.63) is 140 Å².